The van der Waals surface area contributed by atoms with Crippen LogP contribution >= 0.6 is 0 Å². The zero-order valence-electron chi connectivity index (χ0n) is 10.2. The lowest BCUT2D eigenvalue weighted by Crippen LogP contribution is -2.34. The molecule has 0 unspecified atom stereocenters. The molecule has 0 saturated carbocycles. The van der Waals surface area contributed by atoms with Gasteiger partial charge in [-0.15, -0.1) is 0 Å². The monoisotopic (exact) mass is 221 g/mol. The summed E-state index contributed by atoms with van der Waals surface area (Å²) < 4.78 is 0. The van der Waals surface area contributed by atoms with E-state index in [1.165, 1.54) is 0 Å². The summed E-state index contributed by atoms with van der Waals surface area (Å²) >= 11 is 0. The van der Waals surface area contributed by atoms with Crippen LogP contribution in [0.3, 0.4) is 0 Å². The molecule has 0 aliphatic rings. The Kier molecular flexibility index (Phi) is 3.93. The molecule has 1 aromatic carbocycles. The second-order valence-electron chi connectivity index (χ2n) is 4.52. The van der Waals surface area contributed by atoms with Gasteiger partial charge in [0.2, 0.25) is 0 Å². The van der Waals surface area contributed by atoms with Crippen LogP contribution in [0.5, 0.6) is 0 Å². The van der Waals surface area contributed by atoms with Crippen molar-refractivity contribution >= 4 is 11.7 Å². The lowest BCUT2D eigenvalue weighted by atomic mass is 10.0. The SMILES string of the molecule is Cc1ccc(C)c(N[C@H](C(=O)O)C(C)C)c1. The van der Waals surface area contributed by atoms with E-state index in [-0.39, 0.29) is 5.92 Å². The highest BCUT2D eigenvalue weighted by Gasteiger charge is 2.21. The fraction of sp³-hybridized carbons (Fsp3) is 0.462. The Bertz CT molecular complexity index is 386. The van der Waals surface area contributed by atoms with Crippen molar-refractivity contribution in [3.8, 4) is 0 Å². The third-order valence-electron chi connectivity index (χ3n) is 2.64. The van der Waals surface area contributed by atoms with Gasteiger partial charge in [0, 0.05) is 5.69 Å². The zero-order valence-corrected chi connectivity index (χ0v) is 10.2. The molecule has 2 N–H and O–H groups in total. The fourth-order valence-corrected chi connectivity index (χ4v) is 1.57. The predicted octanol–water partition coefficient (Wildman–Crippen LogP) is 2.82. The Labute approximate surface area is 96.5 Å². The summed E-state index contributed by atoms with van der Waals surface area (Å²) in [6.07, 6.45) is 0. The molecule has 3 nitrogen and oxygen atoms in total. The molecule has 0 aliphatic heterocycles. The molecule has 1 aromatic rings. The van der Waals surface area contributed by atoms with E-state index in [9.17, 15) is 4.79 Å². The summed E-state index contributed by atoms with van der Waals surface area (Å²) in [4.78, 5) is 11.1. The number of hydrogen-bond donors (Lipinski definition) is 2. The van der Waals surface area contributed by atoms with Crippen LogP contribution in [0.2, 0.25) is 0 Å². The van der Waals surface area contributed by atoms with Gasteiger partial charge in [0.1, 0.15) is 6.04 Å². The smallest absolute Gasteiger partial charge is 0.326 e. The molecule has 0 aliphatic carbocycles. The molecule has 0 amide bonds. The molecular weight excluding hydrogens is 202 g/mol. The fourth-order valence-electron chi connectivity index (χ4n) is 1.57. The molecule has 0 bridgehead atoms. The molecule has 16 heavy (non-hydrogen) atoms. The lowest BCUT2D eigenvalue weighted by molar-refractivity contribution is -0.138. The average Bonchev–Trinajstić information content (AvgIpc) is 2.18. The van der Waals surface area contributed by atoms with Crippen LogP contribution < -0.4 is 5.32 Å². The van der Waals surface area contributed by atoms with Gasteiger partial charge in [0.25, 0.3) is 0 Å². The number of rotatable bonds is 4. The van der Waals surface area contributed by atoms with Crippen molar-refractivity contribution in [3.63, 3.8) is 0 Å². The third-order valence-corrected chi connectivity index (χ3v) is 2.64. The topological polar surface area (TPSA) is 49.3 Å². The number of carboxylic acid groups (broad SMARTS) is 1. The number of nitrogens with one attached hydrogen (secondary N) is 1. The number of anilines is 1. The number of aliphatic carboxylic acids is 1. The van der Waals surface area contributed by atoms with Gasteiger partial charge >= 0.3 is 5.97 Å². The third kappa shape index (κ3) is 2.99. The van der Waals surface area contributed by atoms with Gasteiger partial charge in [-0.05, 0) is 37.0 Å². The first-order chi connectivity index (χ1) is 7.41. The highest BCUT2D eigenvalue weighted by Crippen LogP contribution is 2.19. The first kappa shape index (κ1) is 12.6. The van der Waals surface area contributed by atoms with Crippen molar-refractivity contribution in [3.05, 3.63) is 29.3 Å². The Hall–Kier alpha value is -1.51. The van der Waals surface area contributed by atoms with Gasteiger partial charge in [-0.25, -0.2) is 4.79 Å². The first-order valence-electron chi connectivity index (χ1n) is 5.48. The molecule has 88 valence electrons. The van der Waals surface area contributed by atoms with Gasteiger partial charge in [-0.3, -0.25) is 0 Å². The number of hydrogen-bond acceptors (Lipinski definition) is 2. The van der Waals surface area contributed by atoms with Gasteiger partial charge < -0.3 is 10.4 Å². The van der Waals surface area contributed by atoms with Crippen LogP contribution in [0.15, 0.2) is 18.2 Å². The van der Waals surface area contributed by atoms with Crippen LogP contribution in [0.25, 0.3) is 0 Å². The summed E-state index contributed by atoms with van der Waals surface area (Å²) in [6.45, 7) is 7.77. The maximum absolute atomic E-state index is 11.1. The van der Waals surface area contributed by atoms with E-state index in [0.29, 0.717) is 0 Å². The molecule has 0 radical (unpaired) electrons. The molecule has 1 rings (SSSR count). The van der Waals surface area contributed by atoms with Crippen molar-refractivity contribution < 1.29 is 9.90 Å². The number of carbonyl (C=O) groups is 1. The Morgan fingerprint density at radius 1 is 1.31 bits per heavy atom. The number of benzene rings is 1. The number of carboxylic acids is 1. The molecule has 0 spiro atoms. The minimum absolute atomic E-state index is 0.0532. The van der Waals surface area contributed by atoms with E-state index in [0.717, 1.165) is 16.8 Å². The summed E-state index contributed by atoms with van der Waals surface area (Å²) in [6, 6.07) is 5.46. The molecule has 0 fully saturated rings. The average molecular weight is 221 g/mol. The molecule has 0 heterocycles. The summed E-state index contributed by atoms with van der Waals surface area (Å²) in [5, 5.41) is 12.2. The first-order valence-corrected chi connectivity index (χ1v) is 5.48. The standard InChI is InChI=1S/C13H19NO2/c1-8(2)12(13(15)16)14-11-7-9(3)5-6-10(11)4/h5-8,12,14H,1-4H3,(H,15,16)/t12-/m0/s1. The van der Waals surface area contributed by atoms with Gasteiger partial charge in [0.05, 0.1) is 0 Å². The largest absolute Gasteiger partial charge is 0.480 e. The van der Waals surface area contributed by atoms with Crippen LogP contribution in [0, 0.1) is 19.8 Å². The van der Waals surface area contributed by atoms with Crippen LogP contribution in [0.1, 0.15) is 25.0 Å². The minimum atomic E-state index is -0.809. The van der Waals surface area contributed by atoms with Crippen LogP contribution in [0.4, 0.5) is 5.69 Å². The van der Waals surface area contributed by atoms with E-state index in [4.69, 9.17) is 5.11 Å². The van der Waals surface area contributed by atoms with Crippen molar-refractivity contribution in [1.82, 2.24) is 0 Å². The molecule has 1 atom stereocenters. The van der Waals surface area contributed by atoms with Gasteiger partial charge in [-0.2, -0.15) is 0 Å². The lowest BCUT2D eigenvalue weighted by Gasteiger charge is -2.20. The van der Waals surface area contributed by atoms with Crippen molar-refractivity contribution in [2.45, 2.75) is 33.7 Å². The minimum Gasteiger partial charge on any atom is -0.480 e. The van der Waals surface area contributed by atoms with Crippen molar-refractivity contribution in [2.24, 2.45) is 5.92 Å². The Morgan fingerprint density at radius 3 is 2.44 bits per heavy atom. The Morgan fingerprint density at radius 2 is 1.94 bits per heavy atom. The molecule has 0 aromatic heterocycles. The normalized spacial score (nSPS) is 12.6. The molecule has 0 saturated heterocycles. The zero-order chi connectivity index (χ0) is 12.3. The predicted molar refractivity (Wildman–Crippen MR) is 65.8 cm³/mol. The van der Waals surface area contributed by atoms with Gasteiger partial charge in [0.15, 0.2) is 0 Å². The summed E-state index contributed by atoms with van der Waals surface area (Å²) in [5.74, 6) is -0.756. The summed E-state index contributed by atoms with van der Waals surface area (Å²) in [7, 11) is 0. The van der Waals surface area contributed by atoms with E-state index < -0.39 is 12.0 Å². The quantitative estimate of drug-likeness (QED) is 0.822. The number of aryl methyl sites for hydroxylation is 2. The van der Waals surface area contributed by atoms with E-state index in [1.54, 1.807) is 0 Å². The van der Waals surface area contributed by atoms with Crippen molar-refractivity contribution in [1.29, 1.82) is 0 Å². The maximum atomic E-state index is 11.1. The second kappa shape index (κ2) is 5.01. The van der Waals surface area contributed by atoms with E-state index >= 15 is 0 Å². The molecule has 3 heteroatoms. The van der Waals surface area contributed by atoms with Gasteiger partial charge in [-0.1, -0.05) is 26.0 Å². The summed E-state index contributed by atoms with van der Waals surface area (Å²) in [5.41, 5.74) is 3.10. The highest BCUT2D eigenvalue weighted by atomic mass is 16.4. The van der Waals surface area contributed by atoms with Crippen LogP contribution in [-0.4, -0.2) is 17.1 Å². The maximum Gasteiger partial charge on any atom is 0.326 e. The van der Waals surface area contributed by atoms with E-state index in [1.807, 2.05) is 45.9 Å². The second-order valence-corrected chi connectivity index (χ2v) is 4.52. The highest BCUT2D eigenvalue weighted by molar-refractivity contribution is 5.78. The Balaban J connectivity index is 2.93. The molecular formula is C13H19NO2. The van der Waals surface area contributed by atoms with E-state index in [2.05, 4.69) is 5.32 Å². The van der Waals surface area contributed by atoms with Crippen molar-refractivity contribution in [2.75, 3.05) is 5.32 Å². The van der Waals surface area contributed by atoms with Crippen LogP contribution in [-0.2, 0) is 4.79 Å².